The second-order valence-corrected chi connectivity index (χ2v) is 10.1. The van der Waals surface area contributed by atoms with Crippen LogP contribution in [0.4, 0.5) is 17.1 Å². The van der Waals surface area contributed by atoms with E-state index >= 15 is 0 Å². The summed E-state index contributed by atoms with van der Waals surface area (Å²) in [4.78, 5) is 39.9. The number of para-hydroxylation sites is 1. The van der Waals surface area contributed by atoms with Crippen LogP contribution in [0.5, 0.6) is 0 Å². The van der Waals surface area contributed by atoms with Gasteiger partial charge in [0.1, 0.15) is 6.54 Å². The van der Waals surface area contributed by atoms with E-state index < -0.39 is 33.0 Å². The second kappa shape index (κ2) is 10.4. The molecule has 1 amide bonds. The molecule has 1 heterocycles. The molecule has 11 nitrogen and oxygen atoms in total. The number of nitrogens with zero attached hydrogens (tertiary/aromatic N) is 4. The first-order chi connectivity index (χ1) is 17.6. The normalized spacial score (nSPS) is 11.3. The molecule has 13 heteroatoms. The molecule has 0 fully saturated rings. The third kappa shape index (κ3) is 5.29. The van der Waals surface area contributed by atoms with Crippen molar-refractivity contribution in [3.05, 3.63) is 98.5 Å². The number of anilines is 2. The van der Waals surface area contributed by atoms with Gasteiger partial charge in [-0.05, 0) is 43.3 Å². The van der Waals surface area contributed by atoms with Crippen LogP contribution < -0.4 is 15.2 Å². The zero-order valence-corrected chi connectivity index (χ0v) is 20.9. The molecule has 0 aliphatic heterocycles. The minimum absolute atomic E-state index is 0.0174. The SMILES string of the molecule is CCN(c1ccccc1)S(=O)(=O)c1ccc(Cl)c(NC(=O)Cn2cnc3ccc([N+](=O)[O-])cc3c2=O)c1. The number of hydrogen-bond acceptors (Lipinski definition) is 7. The highest BCUT2D eigenvalue weighted by Crippen LogP contribution is 2.29. The molecule has 1 aromatic heterocycles. The molecule has 190 valence electrons. The first-order valence-corrected chi connectivity index (χ1v) is 12.7. The van der Waals surface area contributed by atoms with E-state index in [-0.39, 0.29) is 38.7 Å². The summed E-state index contributed by atoms with van der Waals surface area (Å²) >= 11 is 6.21. The Morgan fingerprint density at radius 2 is 1.86 bits per heavy atom. The molecule has 0 saturated heterocycles. The van der Waals surface area contributed by atoms with Gasteiger partial charge in [0.15, 0.2) is 0 Å². The van der Waals surface area contributed by atoms with Gasteiger partial charge >= 0.3 is 0 Å². The Kier molecular flexibility index (Phi) is 7.23. The zero-order valence-electron chi connectivity index (χ0n) is 19.4. The zero-order chi connectivity index (χ0) is 26.7. The van der Waals surface area contributed by atoms with Crippen molar-refractivity contribution < 1.29 is 18.1 Å². The minimum Gasteiger partial charge on any atom is -0.323 e. The molecular formula is C24H20ClN5O6S. The fraction of sp³-hybridized carbons (Fsp3) is 0.125. The molecule has 0 spiro atoms. The highest BCUT2D eigenvalue weighted by atomic mass is 35.5. The Morgan fingerprint density at radius 3 is 2.54 bits per heavy atom. The molecule has 0 aliphatic rings. The first kappa shape index (κ1) is 25.8. The maximum absolute atomic E-state index is 13.3. The fourth-order valence-electron chi connectivity index (χ4n) is 3.69. The van der Waals surface area contributed by atoms with Crippen LogP contribution in [0.2, 0.25) is 5.02 Å². The Hall–Kier alpha value is -4.29. The predicted octanol–water partition coefficient (Wildman–Crippen LogP) is 3.81. The number of sulfonamides is 1. The number of nitro groups is 1. The lowest BCUT2D eigenvalue weighted by atomic mass is 10.2. The number of fused-ring (bicyclic) bond motifs is 1. The monoisotopic (exact) mass is 541 g/mol. The lowest BCUT2D eigenvalue weighted by molar-refractivity contribution is -0.384. The summed E-state index contributed by atoms with van der Waals surface area (Å²) in [5, 5.41) is 13.6. The number of halogens is 1. The number of carbonyl (C=O) groups excluding carboxylic acids is 1. The standard InChI is InChI=1S/C24H20ClN5O6S/c1-2-29(16-6-4-3-5-7-16)37(35,36)18-9-10-20(25)22(13-18)27-23(31)14-28-15-26-21-11-8-17(30(33)34)12-19(21)24(28)32/h3-13,15H,2,14H2,1H3,(H,27,31). The smallest absolute Gasteiger partial charge is 0.270 e. The van der Waals surface area contributed by atoms with Crippen molar-refractivity contribution in [1.29, 1.82) is 0 Å². The summed E-state index contributed by atoms with van der Waals surface area (Å²) in [5.41, 5.74) is -0.168. The van der Waals surface area contributed by atoms with Gasteiger partial charge in [-0.3, -0.25) is 28.6 Å². The van der Waals surface area contributed by atoms with E-state index in [1.165, 1.54) is 34.6 Å². The first-order valence-electron chi connectivity index (χ1n) is 10.9. The van der Waals surface area contributed by atoms with E-state index in [1.807, 2.05) is 0 Å². The third-order valence-electron chi connectivity index (χ3n) is 5.46. The van der Waals surface area contributed by atoms with Gasteiger partial charge in [-0.15, -0.1) is 0 Å². The van der Waals surface area contributed by atoms with Gasteiger partial charge < -0.3 is 5.32 Å². The maximum Gasteiger partial charge on any atom is 0.270 e. The summed E-state index contributed by atoms with van der Waals surface area (Å²) < 4.78 is 28.8. The van der Waals surface area contributed by atoms with Gasteiger partial charge in [-0.2, -0.15) is 0 Å². The third-order valence-corrected chi connectivity index (χ3v) is 7.69. The van der Waals surface area contributed by atoms with Gasteiger partial charge in [0.05, 0.1) is 43.4 Å². The number of nitro benzene ring substituents is 1. The van der Waals surface area contributed by atoms with Gasteiger partial charge in [-0.25, -0.2) is 13.4 Å². The summed E-state index contributed by atoms with van der Waals surface area (Å²) in [6.07, 6.45) is 1.15. The summed E-state index contributed by atoms with van der Waals surface area (Å²) in [5.74, 6) is -0.680. The van der Waals surface area contributed by atoms with E-state index in [0.717, 1.165) is 17.0 Å². The molecule has 4 rings (SSSR count). The molecule has 0 atom stereocenters. The van der Waals surface area contributed by atoms with Gasteiger partial charge in [0, 0.05) is 18.7 Å². The number of non-ortho nitro benzene ring substituents is 1. The molecule has 0 bridgehead atoms. The fourth-order valence-corrected chi connectivity index (χ4v) is 5.36. The maximum atomic E-state index is 13.3. The van der Waals surface area contributed by atoms with Crippen LogP contribution in [0.3, 0.4) is 0 Å². The van der Waals surface area contributed by atoms with E-state index in [2.05, 4.69) is 10.3 Å². The van der Waals surface area contributed by atoms with E-state index in [1.54, 1.807) is 37.3 Å². The van der Waals surface area contributed by atoms with Gasteiger partial charge in [-0.1, -0.05) is 29.8 Å². The van der Waals surface area contributed by atoms with Crippen molar-refractivity contribution in [2.24, 2.45) is 0 Å². The summed E-state index contributed by atoms with van der Waals surface area (Å²) in [6.45, 7) is 1.39. The van der Waals surface area contributed by atoms with Crippen molar-refractivity contribution in [3.63, 3.8) is 0 Å². The van der Waals surface area contributed by atoms with Crippen LogP contribution >= 0.6 is 11.6 Å². The molecule has 37 heavy (non-hydrogen) atoms. The summed E-state index contributed by atoms with van der Waals surface area (Å²) in [7, 11) is -3.98. The molecular weight excluding hydrogens is 522 g/mol. The lowest BCUT2D eigenvalue weighted by Gasteiger charge is -2.23. The van der Waals surface area contributed by atoms with Crippen molar-refractivity contribution in [1.82, 2.24) is 9.55 Å². The van der Waals surface area contributed by atoms with E-state index in [4.69, 9.17) is 11.6 Å². The van der Waals surface area contributed by atoms with Crippen molar-refractivity contribution in [2.75, 3.05) is 16.2 Å². The Balaban J connectivity index is 1.60. The average Bonchev–Trinajstić information content (AvgIpc) is 2.87. The summed E-state index contributed by atoms with van der Waals surface area (Å²) in [6, 6.07) is 16.2. The van der Waals surface area contributed by atoms with Gasteiger partial charge in [0.25, 0.3) is 21.3 Å². The van der Waals surface area contributed by atoms with E-state index in [0.29, 0.717) is 5.69 Å². The Bertz CT molecular complexity index is 1670. The molecule has 3 aromatic carbocycles. The van der Waals surface area contributed by atoms with Crippen LogP contribution in [0, 0.1) is 10.1 Å². The number of benzene rings is 3. The number of rotatable bonds is 8. The van der Waals surface area contributed by atoms with Crippen molar-refractivity contribution in [3.8, 4) is 0 Å². The van der Waals surface area contributed by atoms with E-state index in [9.17, 15) is 28.1 Å². The van der Waals surface area contributed by atoms with Crippen LogP contribution in [0.15, 0.2) is 82.7 Å². The molecule has 1 N–H and O–H groups in total. The number of amides is 1. The van der Waals surface area contributed by atoms with Crippen LogP contribution in [0.1, 0.15) is 6.92 Å². The van der Waals surface area contributed by atoms with Crippen molar-refractivity contribution >= 4 is 55.5 Å². The average molecular weight is 542 g/mol. The second-order valence-electron chi connectivity index (χ2n) is 7.83. The minimum atomic E-state index is -3.98. The lowest BCUT2D eigenvalue weighted by Crippen LogP contribution is -2.31. The number of carbonyl (C=O) groups is 1. The highest BCUT2D eigenvalue weighted by molar-refractivity contribution is 7.92. The Labute approximate surface area is 216 Å². The molecule has 0 aliphatic carbocycles. The quantitative estimate of drug-likeness (QED) is 0.264. The molecule has 0 unspecified atom stereocenters. The largest absolute Gasteiger partial charge is 0.323 e. The molecule has 4 aromatic rings. The van der Waals surface area contributed by atoms with Crippen LogP contribution in [-0.4, -0.2) is 35.3 Å². The van der Waals surface area contributed by atoms with Crippen LogP contribution in [-0.2, 0) is 21.4 Å². The van der Waals surface area contributed by atoms with Gasteiger partial charge in [0.2, 0.25) is 5.91 Å². The number of hydrogen-bond donors (Lipinski definition) is 1. The predicted molar refractivity (Wildman–Crippen MR) is 139 cm³/mol. The topological polar surface area (TPSA) is 145 Å². The molecule has 0 radical (unpaired) electrons. The van der Waals surface area contributed by atoms with Crippen molar-refractivity contribution in [2.45, 2.75) is 18.4 Å². The van der Waals surface area contributed by atoms with Crippen LogP contribution in [0.25, 0.3) is 10.9 Å². The molecule has 0 saturated carbocycles. The Morgan fingerprint density at radius 1 is 1.14 bits per heavy atom. The number of nitrogens with one attached hydrogen (secondary N) is 1. The number of aromatic nitrogens is 2. The highest BCUT2D eigenvalue weighted by Gasteiger charge is 2.25.